The van der Waals surface area contributed by atoms with Crippen LogP contribution < -0.4 is 37.9 Å². The zero-order valence-corrected chi connectivity index (χ0v) is 74.9. The van der Waals surface area contributed by atoms with Crippen molar-refractivity contribution in [2.75, 3.05) is 106 Å². The molecule has 1 aliphatic rings. The van der Waals surface area contributed by atoms with Crippen LogP contribution in [0.1, 0.15) is 250 Å². The van der Waals surface area contributed by atoms with Crippen LogP contribution in [0.15, 0.2) is 48.5 Å². The van der Waals surface area contributed by atoms with Gasteiger partial charge in [-0.2, -0.15) is 0 Å². The van der Waals surface area contributed by atoms with Gasteiger partial charge < -0.3 is 116 Å². The van der Waals surface area contributed by atoms with Gasteiger partial charge in [0.05, 0.1) is 52.9 Å². The average molecular weight is 1870 g/mol. The third kappa shape index (κ3) is 43.1. The van der Waals surface area contributed by atoms with E-state index in [-0.39, 0.29) is 116 Å². The molecule has 1 aliphatic carbocycles. The van der Waals surface area contributed by atoms with Crippen molar-refractivity contribution >= 4 is 62.6 Å². The van der Waals surface area contributed by atoms with Crippen LogP contribution in [0.2, 0.25) is 0 Å². The molecule has 4 aromatic carbocycles. The normalized spacial score (nSPS) is 15.7. The van der Waals surface area contributed by atoms with Crippen molar-refractivity contribution < 1.29 is 189 Å². The van der Waals surface area contributed by atoms with Crippen molar-refractivity contribution in [2.45, 2.75) is 205 Å². The van der Waals surface area contributed by atoms with Crippen LogP contribution in [0.3, 0.4) is 0 Å². The van der Waals surface area contributed by atoms with Gasteiger partial charge in [-0.3, -0.25) is 36.2 Å². The summed E-state index contributed by atoms with van der Waals surface area (Å²) in [6.45, 7) is -2.92. The van der Waals surface area contributed by atoms with Gasteiger partial charge in [0.2, 0.25) is 0 Å². The number of unbranched alkanes of at least 4 members (excludes halogenated alkanes) is 16. The van der Waals surface area contributed by atoms with Crippen molar-refractivity contribution in [2.24, 2.45) is 0 Å². The van der Waals surface area contributed by atoms with E-state index in [1.807, 2.05) is 27.7 Å². The number of rotatable bonds is 64. The van der Waals surface area contributed by atoms with Gasteiger partial charge in [0, 0.05) is 92.4 Å². The summed E-state index contributed by atoms with van der Waals surface area (Å²) in [5.74, 6) is -5.07. The summed E-state index contributed by atoms with van der Waals surface area (Å²) >= 11 is 0. The highest BCUT2D eigenvalue weighted by atomic mass is 31.2. The van der Waals surface area contributed by atoms with E-state index in [0.29, 0.717) is 77.0 Å². The Morgan fingerprint density at radius 3 is 0.433 bits per heavy atom. The molecular weight excluding hydrogens is 1750 g/mol. The highest BCUT2D eigenvalue weighted by Gasteiger charge is 2.37. The number of hydrogen-bond acceptors (Lipinski definition) is 24. The Balaban J connectivity index is 2.36. The Labute approximate surface area is 698 Å². The third-order valence-corrected chi connectivity index (χ3v) is 22.9. The summed E-state index contributed by atoms with van der Waals surface area (Å²) in [6, 6.07) is 12.6. The maximum atomic E-state index is 12.4. The lowest BCUT2D eigenvalue weighted by Crippen LogP contribution is -2.18. The fourth-order valence-electron chi connectivity index (χ4n) is 13.7. The molecule has 120 heavy (non-hydrogen) atoms. The standard InChI is InChI=1S/C72H120O40P8/c1-5-9-13-17-21-25-53-57-45-59(67(99-31-39-107-115(79,80)81)49-65(57)97-29-37-105-113(73,74)75)54(26-22-18-14-10-6-2)61-47-63(71(103-35-43-111-119(91,92)93)51-69(61)101-33-41-109-117(85,86)87)56(28-24-20-16-12-8-4)64-48-62(70(102-34-42-110-118(88,89)90)52-72(64)104-36-44-112-120(94,95)96)55(27-23-19-15-11-7-3)60-46-58(53)66(98-30-38-106-114(76,77)78)50-68(60)100-32-40-108-116(82,83)84/h45-56H,5-44H2,1-4H3,(H2,73,74,75)(H2,76,77,78)(H2,79,80,81)(H2,82,83,84)(H2,85,86,87)(H2,88,89,90)(H2,91,92,93)(H2,94,95,96). The highest BCUT2D eigenvalue weighted by Crippen LogP contribution is 2.56. The van der Waals surface area contributed by atoms with Crippen molar-refractivity contribution in [3.63, 3.8) is 0 Å². The van der Waals surface area contributed by atoms with E-state index in [2.05, 4.69) is 0 Å². The summed E-state index contributed by atoms with van der Waals surface area (Å²) in [4.78, 5) is 160. The molecule has 48 heteroatoms. The minimum atomic E-state index is -5.21. The van der Waals surface area contributed by atoms with E-state index in [1.165, 1.54) is 24.3 Å². The first-order valence-electron chi connectivity index (χ1n) is 39.8. The molecule has 0 radical (unpaired) electrons. The molecule has 0 unspecified atom stereocenters. The fraction of sp³-hybridized carbons (Fsp3) is 0.667. The van der Waals surface area contributed by atoms with Gasteiger partial charge >= 0.3 is 62.6 Å². The molecule has 0 aliphatic heterocycles. The maximum Gasteiger partial charge on any atom is 0.469 e. The van der Waals surface area contributed by atoms with Crippen molar-refractivity contribution in [3.05, 3.63) is 93.0 Å². The first-order valence-corrected chi connectivity index (χ1v) is 52.0. The quantitative estimate of drug-likeness (QED) is 0.0144. The summed E-state index contributed by atoms with van der Waals surface area (Å²) in [5.41, 5.74) is 1.96. The lowest BCUT2D eigenvalue weighted by atomic mass is 9.76. The monoisotopic (exact) mass is 1870 g/mol. The molecule has 40 nitrogen and oxygen atoms in total. The number of fused-ring (bicyclic) bond motifs is 8. The smallest absolute Gasteiger partial charge is 0.469 e. The highest BCUT2D eigenvalue weighted by molar-refractivity contribution is 7.48. The van der Waals surface area contributed by atoms with E-state index >= 15 is 0 Å². The number of hydrogen-bond donors (Lipinski definition) is 16. The van der Waals surface area contributed by atoms with Gasteiger partial charge in [-0.15, -0.1) is 0 Å². The molecular formula is C72H120O40P8. The zero-order valence-electron chi connectivity index (χ0n) is 67.7. The van der Waals surface area contributed by atoms with Crippen molar-refractivity contribution in [3.8, 4) is 46.0 Å². The Morgan fingerprint density at radius 2 is 0.317 bits per heavy atom. The second kappa shape index (κ2) is 53.1. The molecule has 4 aromatic rings. The van der Waals surface area contributed by atoms with Crippen molar-refractivity contribution in [1.82, 2.24) is 0 Å². The SMILES string of the molecule is CCCCCCCC1c2cc(c(OCCOP(=O)(O)O)cc2OCCOP(=O)(O)O)C(CCCCCCC)c2cc(c(OCCOP(=O)(O)O)cc2OCCOP(=O)(O)O)C(CCCCCCC)c2cc(c(OCCOP(=O)(O)O)cc2OCCOP(=O)(O)O)C(CCCCCCC)c2cc1c(OCCOP(=O)(O)O)cc2OCCOP(=O)(O)O. The second-order valence-corrected chi connectivity index (χ2v) is 38.0. The molecule has 8 bridgehead atoms. The lowest BCUT2D eigenvalue weighted by Gasteiger charge is -2.32. The Morgan fingerprint density at radius 1 is 0.192 bits per heavy atom. The van der Waals surface area contributed by atoms with Crippen LogP contribution >= 0.6 is 62.6 Å². The van der Waals surface area contributed by atoms with Crippen LogP contribution in [0.25, 0.3) is 0 Å². The fourth-order valence-corrected chi connectivity index (χ4v) is 16.2. The molecule has 0 atom stereocenters. The number of benzene rings is 4. The summed E-state index contributed by atoms with van der Waals surface area (Å²) in [5, 5.41) is 0. The van der Waals surface area contributed by atoms with E-state index in [1.54, 1.807) is 24.3 Å². The average Bonchev–Trinajstić information content (AvgIpc) is 0.745. The van der Waals surface area contributed by atoms with Gasteiger partial charge in [0.25, 0.3) is 0 Å². The predicted molar refractivity (Wildman–Crippen MR) is 435 cm³/mol. The molecule has 16 N–H and O–H groups in total. The molecule has 0 heterocycles. The molecule has 0 aromatic heterocycles. The van der Waals surface area contributed by atoms with Gasteiger partial charge in [-0.1, -0.05) is 156 Å². The van der Waals surface area contributed by atoms with Gasteiger partial charge in [-0.25, -0.2) is 36.5 Å². The van der Waals surface area contributed by atoms with E-state index < -0.39 is 192 Å². The molecule has 5 rings (SSSR count). The largest absolute Gasteiger partial charge is 0.491 e. The van der Waals surface area contributed by atoms with Crippen LogP contribution in [-0.4, -0.2) is 184 Å². The zero-order chi connectivity index (χ0) is 88.8. The van der Waals surface area contributed by atoms with Gasteiger partial charge in [0.15, 0.2) is 0 Å². The summed E-state index contributed by atoms with van der Waals surface area (Å²) < 4.78 is 192. The molecule has 0 saturated carbocycles. The van der Waals surface area contributed by atoms with Gasteiger partial charge in [0.1, 0.15) is 98.9 Å². The van der Waals surface area contributed by atoms with E-state index in [0.717, 1.165) is 51.4 Å². The van der Waals surface area contributed by atoms with Gasteiger partial charge in [-0.05, 0) is 49.9 Å². The Hall–Kier alpha value is -3.84. The maximum absolute atomic E-state index is 12.4. The topological polar surface area (TPSA) is 608 Å². The molecule has 0 saturated heterocycles. The minimum Gasteiger partial charge on any atom is -0.491 e. The molecule has 0 fully saturated rings. The van der Waals surface area contributed by atoms with Crippen LogP contribution in [0.5, 0.6) is 46.0 Å². The number of ether oxygens (including phenoxy) is 8. The van der Waals surface area contributed by atoms with Crippen LogP contribution in [-0.2, 0) is 72.7 Å². The first kappa shape index (κ1) is 107. The van der Waals surface area contributed by atoms with Crippen LogP contribution in [0.4, 0.5) is 0 Å². The van der Waals surface area contributed by atoms with Crippen LogP contribution in [0, 0.1) is 0 Å². The van der Waals surface area contributed by atoms with E-state index in [9.17, 15) is 115 Å². The molecule has 688 valence electrons. The van der Waals surface area contributed by atoms with E-state index in [4.69, 9.17) is 74.1 Å². The first-order chi connectivity index (χ1) is 56.4. The van der Waals surface area contributed by atoms with Crippen molar-refractivity contribution in [1.29, 1.82) is 0 Å². The number of phosphoric ester groups is 8. The minimum absolute atomic E-state index is 0.0872. The lowest BCUT2D eigenvalue weighted by molar-refractivity contribution is 0.155. The second-order valence-electron chi connectivity index (χ2n) is 28.1. The molecule has 0 spiro atoms. The summed E-state index contributed by atoms with van der Waals surface area (Å²) in [6.07, 6.45) is 13.3. The Bertz CT molecular complexity index is 3390. The number of phosphoric acid groups is 8. The third-order valence-electron chi connectivity index (χ3n) is 18.8. The molecule has 0 amide bonds. The Kier molecular flexibility index (Phi) is 47.2. The predicted octanol–water partition coefficient (Wildman–Crippen LogP) is 13.9. The summed E-state index contributed by atoms with van der Waals surface area (Å²) in [7, 11) is -41.7.